The number of para-hydroxylation sites is 1. The summed E-state index contributed by atoms with van der Waals surface area (Å²) >= 11 is 0. The first-order valence-electron chi connectivity index (χ1n) is 4.25. The van der Waals surface area contributed by atoms with E-state index >= 15 is 0 Å². The van der Waals surface area contributed by atoms with Crippen LogP contribution in [0.3, 0.4) is 0 Å². The number of nitrogens with one attached hydrogen (secondary N) is 1. The maximum absolute atomic E-state index is 11.2. The van der Waals surface area contributed by atoms with Crippen LogP contribution in [0.1, 0.15) is 12.5 Å². The number of carbonyl (C=O) groups excluding carboxylic acids is 1. The Kier molecular flexibility index (Phi) is 1.72. The first kappa shape index (κ1) is 8.10. The van der Waals surface area contributed by atoms with Crippen molar-refractivity contribution in [2.45, 2.75) is 20.0 Å². The molecular weight excluding hydrogens is 166 g/mol. The van der Waals surface area contributed by atoms with Crippen LogP contribution in [0.4, 0.5) is 5.69 Å². The van der Waals surface area contributed by atoms with Gasteiger partial charge in [-0.3, -0.25) is 4.79 Å². The molecule has 0 radical (unpaired) electrons. The van der Waals surface area contributed by atoms with Gasteiger partial charge in [-0.2, -0.15) is 0 Å². The molecule has 3 heteroatoms. The third-order valence-electron chi connectivity index (χ3n) is 2.13. The summed E-state index contributed by atoms with van der Waals surface area (Å²) in [5, 5.41) is 2.79. The number of anilines is 1. The van der Waals surface area contributed by atoms with Gasteiger partial charge >= 0.3 is 0 Å². The predicted molar refractivity (Wildman–Crippen MR) is 49.9 cm³/mol. The van der Waals surface area contributed by atoms with E-state index in [1.54, 1.807) is 6.92 Å². The molecule has 68 valence electrons. The van der Waals surface area contributed by atoms with Crippen molar-refractivity contribution in [2.75, 3.05) is 5.32 Å². The van der Waals surface area contributed by atoms with E-state index in [9.17, 15) is 4.79 Å². The number of hydrogen-bond donors (Lipinski definition) is 1. The molecule has 1 heterocycles. The molecule has 13 heavy (non-hydrogen) atoms. The zero-order chi connectivity index (χ0) is 9.42. The summed E-state index contributed by atoms with van der Waals surface area (Å²) in [6.07, 6.45) is -0.395. The van der Waals surface area contributed by atoms with Crippen molar-refractivity contribution in [1.82, 2.24) is 0 Å². The molecule has 1 aromatic carbocycles. The smallest absolute Gasteiger partial charge is 0.265 e. The molecule has 1 aromatic rings. The molecule has 1 N–H and O–H groups in total. The van der Waals surface area contributed by atoms with Crippen LogP contribution in [-0.2, 0) is 4.79 Å². The Morgan fingerprint density at radius 1 is 1.46 bits per heavy atom. The van der Waals surface area contributed by atoms with Gasteiger partial charge in [0.25, 0.3) is 5.91 Å². The summed E-state index contributed by atoms with van der Waals surface area (Å²) in [6.45, 7) is 3.70. The van der Waals surface area contributed by atoms with E-state index in [-0.39, 0.29) is 5.91 Å². The lowest BCUT2D eigenvalue weighted by Gasteiger charge is -2.24. The average molecular weight is 177 g/mol. The number of amides is 1. The van der Waals surface area contributed by atoms with Crippen molar-refractivity contribution in [3.8, 4) is 5.75 Å². The number of hydrogen-bond acceptors (Lipinski definition) is 2. The van der Waals surface area contributed by atoms with Gasteiger partial charge in [0.15, 0.2) is 6.10 Å². The van der Waals surface area contributed by atoms with E-state index in [2.05, 4.69) is 5.32 Å². The Balaban J connectivity index is 2.48. The molecular formula is C10H11NO2. The highest BCUT2D eigenvalue weighted by Gasteiger charge is 2.23. The van der Waals surface area contributed by atoms with E-state index in [0.29, 0.717) is 0 Å². The molecule has 0 aliphatic carbocycles. The van der Waals surface area contributed by atoms with Gasteiger partial charge in [-0.25, -0.2) is 0 Å². The molecule has 0 aromatic heterocycles. The molecule has 0 spiro atoms. The quantitative estimate of drug-likeness (QED) is 0.655. The summed E-state index contributed by atoms with van der Waals surface area (Å²) < 4.78 is 5.46. The largest absolute Gasteiger partial charge is 0.478 e. The molecule has 0 saturated heterocycles. The summed E-state index contributed by atoms with van der Waals surface area (Å²) in [5.74, 6) is 0.702. The molecule has 1 atom stereocenters. The third-order valence-corrected chi connectivity index (χ3v) is 2.13. The predicted octanol–water partition coefficient (Wildman–Crippen LogP) is 1.71. The molecule has 1 aliphatic rings. The van der Waals surface area contributed by atoms with Gasteiger partial charge in [-0.1, -0.05) is 12.1 Å². The number of carbonyl (C=O) groups is 1. The van der Waals surface area contributed by atoms with E-state index in [1.165, 1.54) is 0 Å². The zero-order valence-corrected chi connectivity index (χ0v) is 7.63. The minimum absolute atomic E-state index is 0.0851. The fourth-order valence-electron chi connectivity index (χ4n) is 1.37. The van der Waals surface area contributed by atoms with Crippen LogP contribution in [0.15, 0.2) is 18.2 Å². The number of benzene rings is 1. The van der Waals surface area contributed by atoms with E-state index in [4.69, 9.17) is 4.74 Å². The minimum atomic E-state index is -0.395. The monoisotopic (exact) mass is 177 g/mol. The molecule has 3 nitrogen and oxygen atoms in total. The maximum atomic E-state index is 11.2. The van der Waals surface area contributed by atoms with Crippen LogP contribution in [0.2, 0.25) is 0 Å². The van der Waals surface area contributed by atoms with Crippen molar-refractivity contribution in [2.24, 2.45) is 0 Å². The Hall–Kier alpha value is -1.51. The molecule has 2 rings (SSSR count). The number of rotatable bonds is 0. The van der Waals surface area contributed by atoms with Crippen LogP contribution in [0, 0.1) is 6.92 Å². The number of aryl methyl sites for hydroxylation is 1. The summed E-state index contributed by atoms with van der Waals surface area (Å²) in [6, 6.07) is 5.70. The lowest BCUT2D eigenvalue weighted by atomic mass is 10.1. The second-order valence-corrected chi connectivity index (χ2v) is 3.20. The van der Waals surface area contributed by atoms with Crippen molar-refractivity contribution in [3.63, 3.8) is 0 Å². The lowest BCUT2D eigenvalue weighted by Crippen LogP contribution is -2.34. The van der Waals surface area contributed by atoms with Gasteiger partial charge in [0, 0.05) is 0 Å². The van der Waals surface area contributed by atoms with Gasteiger partial charge < -0.3 is 10.1 Å². The lowest BCUT2D eigenvalue weighted by molar-refractivity contribution is -0.122. The topological polar surface area (TPSA) is 38.3 Å². The van der Waals surface area contributed by atoms with Crippen molar-refractivity contribution >= 4 is 11.6 Å². The summed E-state index contributed by atoms with van der Waals surface area (Å²) in [4.78, 5) is 11.2. The van der Waals surface area contributed by atoms with E-state index in [0.717, 1.165) is 17.0 Å². The maximum Gasteiger partial charge on any atom is 0.265 e. The van der Waals surface area contributed by atoms with Crippen LogP contribution < -0.4 is 10.1 Å². The van der Waals surface area contributed by atoms with Gasteiger partial charge in [0.1, 0.15) is 5.75 Å². The van der Waals surface area contributed by atoms with Crippen LogP contribution in [0.25, 0.3) is 0 Å². The highest BCUT2D eigenvalue weighted by Crippen LogP contribution is 2.32. The Morgan fingerprint density at radius 2 is 2.23 bits per heavy atom. The Bertz CT molecular complexity index is 360. The van der Waals surface area contributed by atoms with E-state index in [1.807, 2.05) is 25.1 Å². The molecule has 1 aliphatic heterocycles. The first-order chi connectivity index (χ1) is 6.18. The number of ether oxygens (including phenoxy) is 1. The molecule has 0 saturated carbocycles. The summed E-state index contributed by atoms with van der Waals surface area (Å²) in [5.41, 5.74) is 1.81. The van der Waals surface area contributed by atoms with Gasteiger partial charge in [-0.15, -0.1) is 0 Å². The van der Waals surface area contributed by atoms with Crippen molar-refractivity contribution < 1.29 is 9.53 Å². The average Bonchev–Trinajstić information content (AvgIpc) is 2.09. The zero-order valence-electron chi connectivity index (χ0n) is 7.63. The normalized spacial score (nSPS) is 20.2. The van der Waals surface area contributed by atoms with Gasteiger partial charge in [0.2, 0.25) is 0 Å². The van der Waals surface area contributed by atoms with Crippen LogP contribution >= 0.6 is 0 Å². The Morgan fingerprint density at radius 3 is 3.00 bits per heavy atom. The first-order valence-corrected chi connectivity index (χ1v) is 4.25. The highest BCUT2D eigenvalue weighted by molar-refractivity contribution is 5.97. The van der Waals surface area contributed by atoms with Crippen molar-refractivity contribution in [3.05, 3.63) is 23.8 Å². The molecule has 0 bridgehead atoms. The SMILES string of the molecule is Cc1cccc2c1OC(C)C(=O)N2. The van der Waals surface area contributed by atoms with E-state index < -0.39 is 6.10 Å². The van der Waals surface area contributed by atoms with Crippen LogP contribution in [0.5, 0.6) is 5.75 Å². The van der Waals surface area contributed by atoms with Gasteiger partial charge in [-0.05, 0) is 25.5 Å². The second kappa shape index (κ2) is 2.76. The van der Waals surface area contributed by atoms with Crippen LogP contribution in [-0.4, -0.2) is 12.0 Å². The molecule has 1 amide bonds. The molecule has 0 fully saturated rings. The summed E-state index contributed by atoms with van der Waals surface area (Å²) in [7, 11) is 0. The molecule has 1 unspecified atom stereocenters. The Labute approximate surface area is 76.7 Å². The van der Waals surface area contributed by atoms with Crippen molar-refractivity contribution in [1.29, 1.82) is 0 Å². The fourth-order valence-corrected chi connectivity index (χ4v) is 1.37. The highest BCUT2D eigenvalue weighted by atomic mass is 16.5. The third kappa shape index (κ3) is 1.26. The standard InChI is InChI=1S/C10H11NO2/c1-6-4-3-5-8-9(6)13-7(2)10(12)11-8/h3-5,7H,1-2H3,(H,11,12). The fraction of sp³-hybridized carbons (Fsp3) is 0.300. The second-order valence-electron chi connectivity index (χ2n) is 3.20. The van der Waals surface area contributed by atoms with Gasteiger partial charge in [0.05, 0.1) is 5.69 Å². The minimum Gasteiger partial charge on any atom is -0.478 e. The number of fused-ring (bicyclic) bond motifs is 1.